The fourth-order valence-corrected chi connectivity index (χ4v) is 3.99. The van der Waals surface area contributed by atoms with E-state index in [1.165, 1.54) is 11.0 Å². The van der Waals surface area contributed by atoms with Crippen molar-refractivity contribution in [2.24, 2.45) is 5.92 Å². The summed E-state index contributed by atoms with van der Waals surface area (Å²) in [4.78, 5) is 27.5. The molecule has 1 N–H and O–H groups in total. The highest BCUT2D eigenvalue weighted by atomic mass is 19.2. The van der Waals surface area contributed by atoms with Gasteiger partial charge >= 0.3 is 0 Å². The molecule has 2 aliphatic rings. The molecule has 2 fully saturated rings. The van der Waals surface area contributed by atoms with Crippen LogP contribution in [0.2, 0.25) is 0 Å². The van der Waals surface area contributed by atoms with E-state index >= 15 is 0 Å². The first kappa shape index (κ1) is 23.3. The van der Waals surface area contributed by atoms with E-state index < -0.39 is 11.6 Å². The van der Waals surface area contributed by atoms with Crippen LogP contribution in [-0.2, 0) is 20.9 Å². The zero-order chi connectivity index (χ0) is 23.5. The Morgan fingerprint density at radius 3 is 2.73 bits per heavy atom. The first-order valence-corrected chi connectivity index (χ1v) is 11.1. The molecule has 0 radical (unpaired) electrons. The molecule has 4 rings (SSSR count). The van der Waals surface area contributed by atoms with Crippen molar-refractivity contribution in [1.29, 1.82) is 0 Å². The summed E-state index contributed by atoms with van der Waals surface area (Å²) >= 11 is 0. The lowest BCUT2D eigenvalue weighted by Crippen LogP contribution is -2.34. The molecule has 1 saturated carbocycles. The van der Waals surface area contributed by atoms with E-state index in [-0.39, 0.29) is 36.4 Å². The van der Waals surface area contributed by atoms with Gasteiger partial charge < -0.3 is 15.0 Å². The van der Waals surface area contributed by atoms with Gasteiger partial charge in [0.1, 0.15) is 6.61 Å². The van der Waals surface area contributed by atoms with Crippen LogP contribution in [0.1, 0.15) is 30.9 Å². The number of halogens is 2. The van der Waals surface area contributed by atoms with Gasteiger partial charge in [0.25, 0.3) is 0 Å². The molecule has 0 spiro atoms. The number of likely N-dealkylation sites (tertiary alicyclic amines) is 1. The Bertz CT molecular complexity index is 1010. The summed E-state index contributed by atoms with van der Waals surface area (Å²) < 4.78 is 34.6. The molecule has 0 bridgehead atoms. The zero-order valence-electron chi connectivity index (χ0n) is 18.8. The average molecular weight is 462 g/mol. The van der Waals surface area contributed by atoms with Crippen LogP contribution in [-0.4, -0.2) is 71.3 Å². The number of likely N-dealkylation sites (N-methyl/N-ethyl adjacent to an activating group) is 1. The maximum Gasteiger partial charge on any atom is 0.248 e. The third-order valence-corrected chi connectivity index (χ3v) is 6.10. The van der Waals surface area contributed by atoms with E-state index in [4.69, 9.17) is 4.74 Å². The van der Waals surface area contributed by atoms with Gasteiger partial charge in [-0.3, -0.25) is 19.2 Å². The molecule has 2 amide bonds. The van der Waals surface area contributed by atoms with Gasteiger partial charge in [0.15, 0.2) is 11.6 Å². The molecule has 178 valence electrons. The molecule has 33 heavy (non-hydrogen) atoms. The lowest BCUT2D eigenvalue weighted by Gasteiger charge is -2.24. The molecule has 2 aromatic rings. The molecule has 2 heterocycles. The second kappa shape index (κ2) is 9.96. The standard InChI is InChI=1S/C23H29F2N5O3/c1-28(2)22(31)14-33-13-19-8-18(12-29(19)10-15-3-6-20(24)21(25)7-15)30-11-17(9-26-30)27-23(32)16-4-5-16/h3,6-7,9,11,16,18-19H,4-5,8,10,12-14H2,1-2H3,(H,27,32)/t18-,19-/m0/s1. The zero-order valence-corrected chi connectivity index (χ0v) is 18.8. The first-order chi connectivity index (χ1) is 15.8. The Labute approximate surface area is 191 Å². The number of nitrogens with one attached hydrogen (secondary N) is 1. The second-order valence-corrected chi connectivity index (χ2v) is 9.00. The molecule has 1 saturated heterocycles. The van der Waals surface area contributed by atoms with Gasteiger partial charge in [0.2, 0.25) is 11.8 Å². The molecule has 8 nitrogen and oxygen atoms in total. The lowest BCUT2D eigenvalue weighted by atomic mass is 10.1. The Balaban J connectivity index is 1.43. The van der Waals surface area contributed by atoms with Gasteiger partial charge in [0, 0.05) is 45.3 Å². The second-order valence-electron chi connectivity index (χ2n) is 9.00. The number of hydrogen-bond acceptors (Lipinski definition) is 5. The van der Waals surface area contributed by atoms with Gasteiger partial charge in [-0.2, -0.15) is 5.10 Å². The summed E-state index contributed by atoms with van der Waals surface area (Å²) in [6.07, 6.45) is 6.02. The van der Waals surface area contributed by atoms with Crippen LogP contribution in [0.25, 0.3) is 0 Å². The summed E-state index contributed by atoms with van der Waals surface area (Å²) in [5, 5.41) is 7.33. The summed E-state index contributed by atoms with van der Waals surface area (Å²) in [5.41, 5.74) is 1.32. The number of carbonyl (C=O) groups excluding carboxylic acids is 2. The van der Waals surface area contributed by atoms with Gasteiger partial charge in [-0.15, -0.1) is 0 Å². The largest absolute Gasteiger partial charge is 0.370 e. The summed E-state index contributed by atoms with van der Waals surface area (Å²) in [6, 6.07) is 3.88. The monoisotopic (exact) mass is 461 g/mol. The van der Waals surface area contributed by atoms with Crippen molar-refractivity contribution in [1.82, 2.24) is 19.6 Å². The molecule has 2 atom stereocenters. The molecular weight excluding hydrogens is 432 g/mol. The summed E-state index contributed by atoms with van der Waals surface area (Å²) in [7, 11) is 3.34. The Hall–Kier alpha value is -2.85. The van der Waals surface area contributed by atoms with E-state index in [0.717, 1.165) is 18.9 Å². The normalized spacial score (nSPS) is 20.7. The maximum absolute atomic E-state index is 13.7. The van der Waals surface area contributed by atoms with Crippen LogP contribution in [0.3, 0.4) is 0 Å². The number of ether oxygens (including phenoxy) is 1. The number of anilines is 1. The highest BCUT2D eigenvalue weighted by molar-refractivity contribution is 5.93. The number of benzene rings is 1. The minimum absolute atomic E-state index is 0.0139. The summed E-state index contributed by atoms with van der Waals surface area (Å²) in [5.74, 6) is -1.75. The highest BCUT2D eigenvalue weighted by Crippen LogP contribution is 2.32. The summed E-state index contributed by atoms with van der Waals surface area (Å²) in [6.45, 7) is 1.33. The molecule has 10 heteroatoms. The van der Waals surface area contributed by atoms with Crippen molar-refractivity contribution >= 4 is 17.5 Å². The first-order valence-electron chi connectivity index (χ1n) is 11.1. The van der Waals surface area contributed by atoms with Crippen molar-refractivity contribution in [3.8, 4) is 0 Å². The van der Waals surface area contributed by atoms with Crippen LogP contribution < -0.4 is 5.32 Å². The molecule has 1 aliphatic heterocycles. The number of aromatic nitrogens is 2. The third-order valence-electron chi connectivity index (χ3n) is 6.10. The fraction of sp³-hybridized carbons (Fsp3) is 0.522. The fourth-order valence-electron chi connectivity index (χ4n) is 3.99. The van der Waals surface area contributed by atoms with Gasteiger partial charge in [-0.05, 0) is 37.0 Å². The van der Waals surface area contributed by atoms with Crippen LogP contribution in [0.15, 0.2) is 30.6 Å². The Kier molecular flexibility index (Phi) is 7.04. The van der Waals surface area contributed by atoms with Crippen LogP contribution >= 0.6 is 0 Å². The van der Waals surface area contributed by atoms with Crippen LogP contribution in [0, 0.1) is 17.6 Å². The smallest absolute Gasteiger partial charge is 0.248 e. The van der Waals surface area contributed by atoms with Crippen molar-refractivity contribution in [2.45, 2.75) is 37.9 Å². The van der Waals surface area contributed by atoms with E-state index in [1.54, 1.807) is 26.4 Å². The number of rotatable bonds is 9. The molecule has 1 aromatic carbocycles. The number of amides is 2. The van der Waals surface area contributed by atoms with Gasteiger partial charge in [0.05, 0.1) is 24.5 Å². The topological polar surface area (TPSA) is 79.7 Å². The van der Waals surface area contributed by atoms with Crippen molar-refractivity contribution in [3.63, 3.8) is 0 Å². The number of carbonyl (C=O) groups is 2. The van der Waals surface area contributed by atoms with Crippen LogP contribution in [0.4, 0.5) is 14.5 Å². The van der Waals surface area contributed by atoms with Crippen molar-refractivity contribution in [3.05, 3.63) is 47.8 Å². The lowest BCUT2D eigenvalue weighted by molar-refractivity contribution is -0.134. The Morgan fingerprint density at radius 2 is 2.03 bits per heavy atom. The quantitative estimate of drug-likeness (QED) is 0.621. The maximum atomic E-state index is 13.7. The number of hydrogen-bond donors (Lipinski definition) is 1. The predicted molar refractivity (Wildman–Crippen MR) is 117 cm³/mol. The highest BCUT2D eigenvalue weighted by Gasteiger charge is 2.34. The SMILES string of the molecule is CN(C)C(=O)COC[C@@H]1C[C@H](n2cc(NC(=O)C3CC3)cn2)CN1Cc1ccc(F)c(F)c1. The molecule has 1 aliphatic carbocycles. The van der Waals surface area contributed by atoms with Crippen molar-refractivity contribution < 1.29 is 23.1 Å². The van der Waals surface area contributed by atoms with Gasteiger partial charge in [-0.1, -0.05) is 6.07 Å². The minimum atomic E-state index is -0.879. The average Bonchev–Trinajstić information content (AvgIpc) is 3.41. The van der Waals surface area contributed by atoms with E-state index in [1.807, 2.05) is 10.9 Å². The third kappa shape index (κ3) is 5.94. The predicted octanol–water partition coefficient (Wildman–Crippen LogP) is 2.43. The molecule has 1 aromatic heterocycles. The van der Waals surface area contributed by atoms with Crippen molar-refractivity contribution in [2.75, 3.05) is 39.2 Å². The van der Waals surface area contributed by atoms with E-state index in [9.17, 15) is 18.4 Å². The molecular formula is C23H29F2N5O3. The van der Waals surface area contributed by atoms with Crippen LogP contribution in [0.5, 0.6) is 0 Å². The van der Waals surface area contributed by atoms with E-state index in [2.05, 4.69) is 15.3 Å². The Morgan fingerprint density at radius 1 is 1.24 bits per heavy atom. The van der Waals surface area contributed by atoms with E-state index in [0.29, 0.717) is 37.4 Å². The number of nitrogens with zero attached hydrogens (tertiary/aromatic N) is 4. The van der Waals surface area contributed by atoms with Gasteiger partial charge in [-0.25, -0.2) is 8.78 Å². The minimum Gasteiger partial charge on any atom is -0.370 e. The molecule has 0 unspecified atom stereocenters.